The summed E-state index contributed by atoms with van der Waals surface area (Å²) in [6.07, 6.45) is 2.25. The lowest BCUT2D eigenvalue weighted by Crippen LogP contribution is -2.11. The number of rotatable bonds is 5. The maximum absolute atomic E-state index is 13.3. The van der Waals surface area contributed by atoms with Crippen LogP contribution in [-0.4, -0.2) is 32.6 Å². The molecule has 28 heavy (non-hydrogen) atoms. The largest absolute Gasteiger partial charge is 0.496 e. The Morgan fingerprint density at radius 2 is 1.82 bits per heavy atom. The summed E-state index contributed by atoms with van der Waals surface area (Å²) in [5.41, 5.74) is 2.31. The van der Waals surface area contributed by atoms with Crippen molar-refractivity contribution in [1.29, 1.82) is 0 Å². The molecule has 1 aliphatic rings. The molecule has 0 unspecified atom stereocenters. The molecule has 7 heteroatoms. The number of esters is 1. The smallest absolute Gasteiger partial charge is 0.309 e. The van der Waals surface area contributed by atoms with Gasteiger partial charge in [-0.05, 0) is 43.2 Å². The number of aryl methyl sites for hydroxylation is 1. The highest BCUT2D eigenvalue weighted by molar-refractivity contribution is 7.90. The van der Waals surface area contributed by atoms with Crippen LogP contribution < -0.4 is 4.74 Å². The van der Waals surface area contributed by atoms with Crippen LogP contribution in [0.25, 0.3) is 10.9 Å². The van der Waals surface area contributed by atoms with Crippen LogP contribution >= 0.6 is 0 Å². The molecular formula is C21H21NO5S. The standard InChI is InChI=1S/C21H21NO5S/c1-13-7-9-14(10-8-13)28(24,25)22-12-17(15-11-16(15)21(23)27-3)20-18(22)5-4-6-19(20)26-2/h4-10,12,15-16H,11H2,1-3H3/t15-,16-/m0/s1. The summed E-state index contributed by atoms with van der Waals surface area (Å²) in [6.45, 7) is 1.91. The second-order valence-corrected chi connectivity index (χ2v) is 8.84. The molecule has 4 rings (SSSR count). The minimum atomic E-state index is -3.79. The zero-order valence-corrected chi connectivity index (χ0v) is 16.7. The number of benzene rings is 2. The Labute approximate surface area is 163 Å². The minimum Gasteiger partial charge on any atom is -0.496 e. The van der Waals surface area contributed by atoms with Crippen LogP contribution in [0.1, 0.15) is 23.5 Å². The first-order chi connectivity index (χ1) is 13.4. The third-order valence-corrected chi connectivity index (χ3v) is 6.97. The minimum absolute atomic E-state index is 0.0827. The predicted molar refractivity (Wildman–Crippen MR) is 105 cm³/mol. The van der Waals surface area contributed by atoms with Crippen LogP contribution in [0, 0.1) is 12.8 Å². The van der Waals surface area contributed by atoms with E-state index in [0.717, 1.165) is 16.5 Å². The van der Waals surface area contributed by atoms with Crippen LogP contribution in [0.15, 0.2) is 53.6 Å². The van der Waals surface area contributed by atoms with Gasteiger partial charge in [0.1, 0.15) is 5.75 Å². The number of ether oxygens (including phenoxy) is 2. The molecule has 146 valence electrons. The molecule has 1 fully saturated rings. The number of methoxy groups -OCH3 is 2. The van der Waals surface area contributed by atoms with Crippen LogP contribution in [0.4, 0.5) is 0 Å². The number of carbonyl (C=O) groups excluding carboxylic acids is 1. The van der Waals surface area contributed by atoms with Gasteiger partial charge < -0.3 is 9.47 Å². The van der Waals surface area contributed by atoms with E-state index in [1.807, 2.05) is 6.92 Å². The zero-order chi connectivity index (χ0) is 20.1. The molecule has 0 spiro atoms. The first kappa shape index (κ1) is 18.6. The molecule has 0 amide bonds. The van der Waals surface area contributed by atoms with Crippen LogP contribution in [0.3, 0.4) is 0 Å². The van der Waals surface area contributed by atoms with Crippen LogP contribution in [0.2, 0.25) is 0 Å². The fourth-order valence-electron chi connectivity index (χ4n) is 3.68. The van der Waals surface area contributed by atoms with Crippen molar-refractivity contribution in [3.8, 4) is 5.75 Å². The van der Waals surface area contributed by atoms with E-state index < -0.39 is 10.0 Å². The Hall–Kier alpha value is -2.80. The molecule has 2 aromatic carbocycles. The Kier molecular flexibility index (Phi) is 4.42. The van der Waals surface area contributed by atoms with E-state index in [1.54, 1.807) is 55.8 Å². The van der Waals surface area contributed by atoms with E-state index in [2.05, 4.69) is 0 Å². The normalized spacial score (nSPS) is 18.8. The Bertz CT molecular complexity index is 1160. The number of carbonyl (C=O) groups is 1. The lowest BCUT2D eigenvalue weighted by Gasteiger charge is -2.08. The molecule has 1 aromatic heterocycles. The van der Waals surface area contributed by atoms with E-state index >= 15 is 0 Å². The summed E-state index contributed by atoms with van der Waals surface area (Å²) in [7, 11) is -0.875. The van der Waals surface area contributed by atoms with Crippen molar-refractivity contribution in [2.75, 3.05) is 14.2 Å². The number of nitrogens with zero attached hydrogens (tertiary/aromatic N) is 1. The monoisotopic (exact) mass is 399 g/mol. The van der Waals surface area contributed by atoms with Gasteiger partial charge in [-0.25, -0.2) is 12.4 Å². The number of aromatic nitrogens is 1. The van der Waals surface area contributed by atoms with Gasteiger partial charge in [-0.2, -0.15) is 0 Å². The van der Waals surface area contributed by atoms with Crippen molar-refractivity contribution >= 4 is 26.9 Å². The number of hydrogen-bond acceptors (Lipinski definition) is 5. The molecule has 0 N–H and O–H groups in total. The lowest BCUT2D eigenvalue weighted by molar-refractivity contribution is -0.142. The van der Waals surface area contributed by atoms with Gasteiger partial charge in [0.2, 0.25) is 0 Å². The van der Waals surface area contributed by atoms with E-state index in [1.165, 1.54) is 11.1 Å². The van der Waals surface area contributed by atoms with Gasteiger partial charge in [0.15, 0.2) is 0 Å². The molecule has 1 heterocycles. The third-order valence-electron chi connectivity index (χ3n) is 5.28. The summed E-state index contributed by atoms with van der Waals surface area (Å²) in [5.74, 6) is -0.0279. The molecule has 0 bridgehead atoms. The predicted octanol–water partition coefficient (Wildman–Crippen LogP) is 3.47. The maximum Gasteiger partial charge on any atom is 0.309 e. The van der Waals surface area contributed by atoms with E-state index in [-0.39, 0.29) is 22.7 Å². The van der Waals surface area contributed by atoms with Gasteiger partial charge in [-0.3, -0.25) is 4.79 Å². The molecule has 1 aliphatic carbocycles. The van der Waals surface area contributed by atoms with Crippen LogP contribution in [-0.2, 0) is 19.6 Å². The first-order valence-corrected chi connectivity index (χ1v) is 10.4. The summed E-state index contributed by atoms with van der Waals surface area (Å²) < 4.78 is 38.3. The fourth-order valence-corrected chi connectivity index (χ4v) is 5.05. The van der Waals surface area contributed by atoms with Gasteiger partial charge in [0.25, 0.3) is 10.0 Å². The van der Waals surface area contributed by atoms with Crippen molar-refractivity contribution in [2.45, 2.75) is 24.2 Å². The third kappa shape index (κ3) is 2.86. The zero-order valence-electron chi connectivity index (χ0n) is 15.9. The highest BCUT2D eigenvalue weighted by Gasteiger charge is 2.47. The average Bonchev–Trinajstić information content (AvgIpc) is 3.39. The van der Waals surface area contributed by atoms with Crippen molar-refractivity contribution in [3.05, 3.63) is 59.8 Å². The lowest BCUT2D eigenvalue weighted by atomic mass is 10.1. The number of fused-ring (bicyclic) bond motifs is 1. The van der Waals surface area contributed by atoms with Gasteiger partial charge in [-0.15, -0.1) is 0 Å². The molecule has 6 nitrogen and oxygen atoms in total. The molecule has 3 aromatic rings. The topological polar surface area (TPSA) is 74.6 Å². The SMILES string of the molecule is COC(=O)[C@H]1C[C@@H]1c1cn(S(=O)(=O)c2ccc(C)cc2)c2cccc(OC)c12. The highest BCUT2D eigenvalue weighted by Crippen LogP contribution is 2.52. The quantitative estimate of drug-likeness (QED) is 0.614. The van der Waals surface area contributed by atoms with Gasteiger partial charge in [-0.1, -0.05) is 23.8 Å². The molecule has 0 radical (unpaired) electrons. The summed E-state index contributed by atoms with van der Waals surface area (Å²) in [6, 6.07) is 12.1. The molecule has 0 aliphatic heterocycles. The second-order valence-electron chi connectivity index (χ2n) is 7.02. The average molecular weight is 399 g/mol. The summed E-state index contributed by atoms with van der Waals surface area (Å²) in [5, 5.41) is 0.720. The van der Waals surface area contributed by atoms with Gasteiger partial charge >= 0.3 is 5.97 Å². The van der Waals surface area contributed by atoms with Gasteiger partial charge in [0.05, 0.1) is 30.5 Å². The number of hydrogen-bond donors (Lipinski definition) is 0. The Balaban J connectivity index is 1.91. The molecule has 2 atom stereocenters. The molecule has 1 saturated carbocycles. The van der Waals surface area contributed by atoms with E-state index in [4.69, 9.17) is 9.47 Å². The molecular weight excluding hydrogens is 378 g/mol. The fraction of sp³-hybridized carbons (Fsp3) is 0.286. The maximum atomic E-state index is 13.3. The first-order valence-electron chi connectivity index (χ1n) is 8.96. The highest BCUT2D eigenvalue weighted by atomic mass is 32.2. The second kappa shape index (κ2) is 6.67. The Morgan fingerprint density at radius 3 is 2.46 bits per heavy atom. The van der Waals surface area contributed by atoms with Crippen molar-refractivity contribution in [2.24, 2.45) is 5.92 Å². The van der Waals surface area contributed by atoms with Crippen molar-refractivity contribution in [1.82, 2.24) is 3.97 Å². The van der Waals surface area contributed by atoms with Crippen molar-refractivity contribution in [3.63, 3.8) is 0 Å². The summed E-state index contributed by atoms with van der Waals surface area (Å²) >= 11 is 0. The summed E-state index contributed by atoms with van der Waals surface area (Å²) in [4.78, 5) is 12.1. The van der Waals surface area contributed by atoms with Crippen molar-refractivity contribution < 1.29 is 22.7 Å². The van der Waals surface area contributed by atoms with Crippen LogP contribution in [0.5, 0.6) is 5.75 Å². The molecule has 0 saturated heterocycles. The van der Waals surface area contributed by atoms with E-state index in [0.29, 0.717) is 17.7 Å². The van der Waals surface area contributed by atoms with E-state index in [9.17, 15) is 13.2 Å². The van der Waals surface area contributed by atoms with Gasteiger partial charge in [0, 0.05) is 17.5 Å². The Morgan fingerprint density at radius 1 is 1.11 bits per heavy atom.